The summed E-state index contributed by atoms with van der Waals surface area (Å²) >= 11 is 0. The molecule has 9 heteroatoms. The van der Waals surface area contributed by atoms with E-state index in [1.54, 1.807) is 47.4 Å². The molecule has 8 nitrogen and oxygen atoms in total. The highest BCUT2D eigenvalue weighted by Gasteiger charge is 2.34. The third-order valence-corrected chi connectivity index (χ3v) is 9.76. The molecular weight excluding hydrogens is 562 g/mol. The molecule has 0 unspecified atom stereocenters. The number of anilines is 1. The molecule has 0 spiro atoms. The predicted molar refractivity (Wildman–Crippen MR) is 167 cm³/mol. The van der Waals surface area contributed by atoms with Gasteiger partial charge in [0, 0.05) is 17.2 Å². The van der Waals surface area contributed by atoms with Gasteiger partial charge in [-0.15, -0.1) is 0 Å². The quantitative estimate of drug-likeness (QED) is 0.300. The van der Waals surface area contributed by atoms with Gasteiger partial charge in [-0.05, 0) is 31.2 Å². The summed E-state index contributed by atoms with van der Waals surface area (Å²) in [4.78, 5) is 17.0. The number of nitrogens with one attached hydrogen (secondary N) is 1. The van der Waals surface area contributed by atoms with Crippen molar-refractivity contribution in [2.75, 3.05) is 51.2 Å². The summed E-state index contributed by atoms with van der Waals surface area (Å²) in [7, 11) is -1.05. The molecule has 0 bridgehead atoms. The van der Waals surface area contributed by atoms with Crippen LogP contribution < -0.4 is 18.7 Å². The number of sulfonamides is 1. The van der Waals surface area contributed by atoms with Crippen molar-refractivity contribution in [3.63, 3.8) is 0 Å². The topological polar surface area (TPSA) is 80.6 Å². The molecule has 1 aliphatic rings. The largest absolute Gasteiger partial charge is 0.493 e. The van der Waals surface area contributed by atoms with Crippen LogP contribution in [-0.2, 0) is 14.8 Å². The Morgan fingerprint density at radius 2 is 1.37 bits per heavy atom. The minimum absolute atomic E-state index is 0.114. The van der Waals surface area contributed by atoms with Crippen molar-refractivity contribution in [1.82, 2.24) is 4.90 Å². The number of piperazine rings is 1. The highest BCUT2D eigenvalue weighted by molar-refractivity contribution is 7.92. The molecule has 0 radical (unpaired) electrons. The van der Waals surface area contributed by atoms with E-state index in [4.69, 9.17) is 9.47 Å². The van der Waals surface area contributed by atoms with E-state index in [-0.39, 0.29) is 23.4 Å². The lowest BCUT2D eigenvalue weighted by atomic mass is 9.96. The SMILES string of the molecule is COc1ccc(N(CC(=O)N2CC[NH+](C(c3ccccc3)c3ccccc3)CC2)S(=O)(=O)c2ccc(C)cc2)cc1OC. The molecule has 0 aromatic heterocycles. The van der Waals surface area contributed by atoms with E-state index in [9.17, 15) is 13.2 Å². The van der Waals surface area contributed by atoms with Crippen LogP contribution in [0.4, 0.5) is 5.69 Å². The van der Waals surface area contributed by atoms with Crippen LogP contribution in [0.2, 0.25) is 0 Å². The first kappa shape index (κ1) is 30.1. The first-order chi connectivity index (χ1) is 20.8. The average Bonchev–Trinajstić information content (AvgIpc) is 3.05. The van der Waals surface area contributed by atoms with E-state index in [0.717, 1.165) is 23.0 Å². The zero-order valence-electron chi connectivity index (χ0n) is 24.8. The van der Waals surface area contributed by atoms with Crippen molar-refractivity contribution in [3.05, 3.63) is 120 Å². The Bertz CT molecular complexity index is 1580. The van der Waals surface area contributed by atoms with Gasteiger partial charge in [-0.2, -0.15) is 0 Å². The van der Waals surface area contributed by atoms with Gasteiger partial charge in [0.15, 0.2) is 11.5 Å². The van der Waals surface area contributed by atoms with Gasteiger partial charge in [0.2, 0.25) is 5.91 Å². The second kappa shape index (κ2) is 13.3. The van der Waals surface area contributed by atoms with Crippen molar-refractivity contribution in [2.24, 2.45) is 0 Å². The molecule has 0 aliphatic carbocycles. The van der Waals surface area contributed by atoms with E-state index in [1.165, 1.54) is 30.2 Å². The van der Waals surface area contributed by atoms with Gasteiger partial charge in [0.05, 0.1) is 51.0 Å². The van der Waals surface area contributed by atoms with Crippen LogP contribution in [0.3, 0.4) is 0 Å². The maximum Gasteiger partial charge on any atom is 0.264 e. The molecule has 1 N–H and O–H groups in total. The molecule has 0 atom stereocenters. The van der Waals surface area contributed by atoms with Crippen molar-refractivity contribution in [3.8, 4) is 11.5 Å². The maximum atomic E-state index is 14.0. The number of hydrogen-bond acceptors (Lipinski definition) is 5. The monoisotopic (exact) mass is 600 g/mol. The highest BCUT2D eigenvalue weighted by atomic mass is 32.2. The molecule has 4 aromatic rings. The number of amides is 1. The summed E-state index contributed by atoms with van der Waals surface area (Å²) in [6.45, 7) is 4.08. The summed E-state index contributed by atoms with van der Waals surface area (Å²) in [6, 6.07) is 32.5. The average molecular weight is 601 g/mol. The van der Waals surface area contributed by atoms with Crippen molar-refractivity contribution in [1.29, 1.82) is 0 Å². The molecule has 4 aromatic carbocycles. The third-order valence-electron chi connectivity index (χ3n) is 7.98. The summed E-state index contributed by atoms with van der Waals surface area (Å²) in [5.41, 5.74) is 3.72. The Balaban J connectivity index is 1.38. The number of methoxy groups -OCH3 is 2. The van der Waals surface area contributed by atoms with Crippen molar-refractivity contribution >= 4 is 21.6 Å². The zero-order valence-corrected chi connectivity index (χ0v) is 25.6. The lowest BCUT2D eigenvalue weighted by molar-refractivity contribution is -0.929. The minimum atomic E-state index is -4.06. The fourth-order valence-electron chi connectivity index (χ4n) is 5.64. The van der Waals surface area contributed by atoms with Gasteiger partial charge in [0.25, 0.3) is 10.0 Å². The third kappa shape index (κ3) is 6.68. The van der Waals surface area contributed by atoms with E-state index >= 15 is 0 Å². The zero-order chi connectivity index (χ0) is 30.4. The maximum absolute atomic E-state index is 14.0. The number of rotatable bonds is 10. The molecule has 0 saturated carbocycles. The summed E-state index contributed by atoms with van der Waals surface area (Å²) in [6.07, 6.45) is 0. The second-order valence-electron chi connectivity index (χ2n) is 10.7. The van der Waals surface area contributed by atoms with Gasteiger partial charge < -0.3 is 19.3 Å². The van der Waals surface area contributed by atoms with Crippen molar-refractivity contribution < 1.29 is 27.6 Å². The number of quaternary nitrogens is 1. The number of ether oxygens (including phenoxy) is 2. The van der Waals surface area contributed by atoms with Gasteiger partial charge in [-0.1, -0.05) is 78.4 Å². The molecular formula is C34H38N3O5S+. The lowest BCUT2D eigenvalue weighted by Gasteiger charge is -2.37. The Morgan fingerprint density at radius 3 is 1.91 bits per heavy atom. The fourth-order valence-corrected chi connectivity index (χ4v) is 7.05. The number of carbonyl (C=O) groups excluding carboxylic acids is 1. The van der Waals surface area contributed by atoms with Gasteiger partial charge in [0.1, 0.15) is 12.6 Å². The number of nitrogens with zero attached hydrogens (tertiary/aromatic N) is 2. The number of aryl methyl sites for hydroxylation is 1. The van der Waals surface area contributed by atoms with E-state index in [0.29, 0.717) is 30.3 Å². The fraction of sp³-hybridized carbons (Fsp3) is 0.265. The number of hydrogen-bond donors (Lipinski definition) is 1. The van der Waals surface area contributed by atoms with Gasteiger partial charge in [-0.3, -0.25) is 9.10 Å². The Labute approximate surface area is 254 Å². The summed E-state index contributed by atoms with van der Waals surface area (Å²) < 4.78 is 39.9. The van der Waals surface area contributed by atoms with Crippen LogP contribution in [0.5, 0.6) is 11.5 Å². The standard InChI is InChI=1S/C34H37N3O5S/c1-26-14-17-30(18-15-26)43(39,40)37(29-16-19-31(41-2)32(24-29)42-3)25-33(38)35-20-22-36(23-21-35)34(27-10-6-4-7-11-27)28-12-8-5-9-13-28/h4-19,24,34H,20-23,25H2,1-3H3/p+1. The van der Waals surface area contributed by atoms with Gasteiger partial charge >= 0.3 is 0 Å². The van der Waals surface area contributed by atoms with E-state index < -0.39 is 10.0 Å². The van der Waals surface area contributed by atoms with Crippen LogP contribution in [0.25, 0.3) is 0 Å². The molecule has 224 valence electrons. The normalized spacial score (nSPS) is 14.0. The summed E-state index contributed by atoms with van der Waals surface area (Å²) in [5, 5.41) is 0. The van der Waals surface area contributed by atoms with Gasteiger partial charge in [-0.25, -0.2) is 8.42 Å². The van der Waals surface area contributed by atoms with Crippen LogP contribution >= 0.6 is 0 Å². The van der Waals surface area contributed by atoms with E-state index in [1.807, 2.05) is 19.1 Å². The molecule has 43 heavy (non-hydrogen) atoms. The molecule has 1 heterocycles. The Morgan fingerprint density at radius 1 is 0.814 bits per heavy atom. The molecule has 1 aliphatic heterocycles. The van der Waals surface area contributed by atoms with E-state index in [2.05, 4.69) is 48.5 Å². The smallest absolute Gasteiger partial charge is 0.264 e. The predicted octanol–water partition coefficient (Wildman–Crippen LogP) is 3.72. The number of benzene rings is 4. The highest BCUT2D eigenvalue weighted by Crippen LogP contribution is 2.34. The van der Waals surface area contributed by atoms with Crippen LogP contribution in [0.1, 0.15) is 22.7 Å². The second-order valence-corrected chi connectivity index (χ2v) is 12.5. The first-order valence-electron chi connectivity index (χ1n) is 14.4. The Kier molecular flexibility index (Phi) is 9.33. The Hall–Kier alpha value is -4.34. The molecule has 1 saturated heterocycles. The van der Waals surface area contributed by atoms with Crippen LogP contribution in [0.15, 0.2) is 108 Å². The minimum Gasteiger partial charge on any atom is -0.493 e. The lowest BCUT2D eigenvalue weighted by Crippen LogP contribution is -3.15. The molecule has 1 amide bonds. The summed E-state index contributed by atoms with van der Waals surface area (Å²) in [5.74, 6) is 0.595. The van der Waals surface area contributed by atoms with Crippen LogP contribution in [0, 0.1) is 6.92 Å². The molecule has 5 rings (SSSR count). The molecule has 1 fully saturated rings. The first-order valence-corrected chi connectivity index (χ1v) is 15.8. The van der Waals surface area contributed by atoms with Crippen LogP contribution in [-0.4, -0.2) is 66.2 Å². The van der Waals surface area contributed by atoms with Crippen molar-refractivity contribution in [2.45, 2.75) is 17.9 Å². The number of carbonyl (C=O) groups is 1.